The number of rotatable bonds is 7. The van der Waals surface area contributed by atoms with Crippen LogP contribution in [0.4, 0.5) is 4.39 Å². The topological polar surface area (TPSA) is 34.1 Å². The van der Waals surface area contributed by atoms with E-state index in [2.05, 4.69) is 10.3 Å². The fraction of sp³-hybridized carbons (Fsp3) is 0.438. The molecule has 2 aromatic rings. The van der Waals surface area contributed by atoms with E-state index in [1.807, 2.05) is 26.3 Å². The first-order valence-corrected chi connectivity index (χ1v) is 8.04. The van der Waals surface area contributed by atoms with Crippen molar-refractivity contribution >= 4 is 11.3 Å². The molecule has 0 bridgehead atoms. The van der Waals surface area contributed by atoms with Gasteiger partial charge in [-0.3, -0.25) is 0 Å². The van der Waals surface area contributed by atoms with E-state index < -0.39 is 0 Å². The number of benzene rings is 1. The number of nitrogens with zero attached hydrogens (tertiary/aromatic N) is 1. The van der Waals surface area contributed by atoms with E-state index in [0.29, 0.717) is 6.61 Å². The first-order chi connectivity index (χ1) is 10.1. The van der Waals surface area contributed by atoms with Crippen LogP contribution in [0, 0.1) is 12.7 Å². The molecule has 1 aromatic carbocycles. The predicted octanol–water partition coefficient (Wildman–Crippen LogP) is 3.88. The molecule has 5 heteroatoms. The molecule has 0 saturated heterocycles. The minimum Gasteiger partial charge on any atom is -0.493 e. The third kappa shape index (κ3) is 4.25. The van der Waals surface area contributed by atoms with Gasteiger partial charge in [-0.2, -0.15) is 0 Å². The lowest BCUT2D eigenvalue weighted by Gasteiger charge is -2.17. The van der Waals surface area contributed by atoms with E-state index in [4.69, 9.17) is 4.74 Å². The number of ether oxygens (including phenoxy) is 1. The molecule has 2 rings (SSSR count). The molecule has 1 atom stereocenters. The molecule has 0 aliphatic carbocycles. The van der Waals surface area contributed by atoms with Crippen molar-refractivity contribution in [2.24, 2.45) is 0 Å². The average Bonchev–Trinajstić information content (AvgIpc) is 2.86. The zero-order valence-electron chi connectivity index (χ0n) is 12.6. The van der Waals surface area contributed by atoms with Crippen molar-refractivity contribution in [3.8, 4) is 5.75 Å². The summed E-state index contributed by atoms with van der Waals surface area (Å²) in [4.78, 5) is 5.46. The Morgan fingerprint density at radius 3 is 2.90 bits per heavy atom. The van der Waals surface area contributed by atoms with Crippen molar-refractivity contribution < 1.29 is 9.13 Å². The Bertz CT molecular complexity index is 585. The Labute approximate surface area is 129 Å². The second-order valence-corrected chi connectivity index (χ2v) is 5.86. The molecular formula is C16H21FN2OS. The molecule has 114 valence electrons. The maximum Gasteiger partial charge on any atom is 0.124 e. The summed E-state index contributed by atoms with van der Waals surface area (Å²) >= 11 is 1.64. The lowest BCUT2D eigenvalue weighted by atomic mass is 10.1. The van der Waals surface area contributed by atoms with Crippen LogP contribution in [-0.2, 0) is 6.42 Å². The van der Waals surface area contributed by atoms with Crippen LogP contribution in [0.1, 0.15) is 36.0 Å². The van der Waals surface area contributed by atoms with Gasteiger partial charge in [0.25, 0.3) is 0 Å². The molecule has 0 amide bonds. The monoisotopic (exact) mass is 308 g/mol. The van der Waals surface area contributed by atoms with Crippen LogP contribution in [0.15, 0.2) is 23.7 Å². The average molecular weight is 308 g/mol. The maximum atomic E-state index is 13.5. The molecule has 1 unspecified atom stereocenters. The van der Waals surface area contributed by atoms with Gasteiger partial charge in [-0.1, -0.05) is 6.92 Å². The standard InChI is InChI=1S/C16H21FN2OS/c1-4-18-11(2)14-9-13(17)5-6-15(14)20-8-7-16-12(3)19-10-21-16/h5-6,9-11,18H,4,7-8H2,1-3H3. The molecule has 0 saturated carbocycles. The quantitative estimate of drug-likeness (QED) is 0.843. The lowest BCUT2D eigenvalue weighted by molar-refractivity contribution is 0.315. The highest BCUT2D eigenvalue weighted by molar-refractivity contribution is 7.09. The van der Waals surface area contributed by atoms with Gasteiger partial charge in [-0.15, -0.1) is 11.3 Å². The molecule has 1 aromatic heterocycles. The van der Waals surface area contributed by atoms with Gasteiger partial charge in [-0.05, 0) is 38.6 Å². The number of nitrogens with one attached hydrogen (secondary N) is 1. The van der Waals surface area contributed by atoms with Crippen molar-refractivity contribution in [1.29, 1.82) is 0 Å². The van der Waals surface area contributed by atoms with Crippen molar-refractivity contribution in [1.82, 2.24) is 10.3 Å². The van der Waals surface area contributed by atoms with Gasteiger partial charge in [0.15, 0.2) is 0 Å². The summed E-state index contributed by atoms with van der Waals surface area (Å²) in [5.74, 6) is 0.507. The number of hydrogen-bond donors (Lipinski definition) is 1. The van der Waals surface area contributed by atoms with Gasteiger partial charge >= 0.3 is 0 Å². The molecule has 1 N–H and O–H groups in total. The van der Waals surface area contributed by atoms with Gasteiger partial charge in [0.2, 0.25) is 0 Å². The summed E-state index contributed by atoms with van der Waals surface area (Å²) in [6.45, 7) is 7.45. The van der Waals surface area contributed by atoms with Crippen LogP contribution in [0.3, 0.4) is 0 Å². The fourth-order valence-corrected chi connectivity index (χ4v) is 2.99. The number of aromatic nitrogens is 1. The van der Waals surface area contributed by atoms with Crippen LogP contribution < -0.4 is 10.1 Å². The van der Waals surface area contributed by atoms with E-state index in [9.17, 15) is 4.39 Å². The van der Waals surface area contributed by atoms with Gasteiger partial charge in [-0.25, -0.2) is 9.37 Å². The number of thiazole rings is 1. The molecule has 0 aliphatic heterocycles. The van der Waals surface area contributed by atoms with Crippen LogP contribution in [0.25, 0.3) is 0 Å². The van der Waals surface area contributed by atoms with Crippen LogP contribution >= 0.6 is 11.3 Å². The largest absolute Gasteiger partial charge is 0.493 e. The first-order valence-electron chi connectivity index (χ1n) is 7.16. The number of aryl methyl sites for hydroxylation is 1. The summed E-state index contributed by atoms with van der Waals surface area (Å²) in [5, 5.41) is 3.29. The Morgan fingerprint density at radius 2 is 2.24 bits per heavy atom. The van der Waals surface area contributed by atoms with Gasteiger partial charge < -0.3 is 10.1 Å². The second kappa shape index (κ2) is 7.52. The van der Waals surface area contributed by atoms with E-state index in [0.717, 1.165) is 30.0 Å². The molecule has 0 fully saturated rings. The van der Waals surface area contributed by atoms with Crippen molar-refractivity contribution in [3.05, 3.63) is 45.7 Å². The Hall–Kier alpha value is -1.46. The summed E-state index contributed by atoms with van der Waals surface area (Å²) in [6.07, 6.45) is 0.822. The van der Waals surface area contributed by atoms with E-state index in [1.54, 1.807) is 23.5 Å². The highest BCUT2D eigenvalue weighted by Crippen LogP contribution is 2.26. The molecule has 0 aliphatic rings. The van der Waals surface area contributed by atoms with Crippen molar-refractivity contribution in [2.75, 3.05) is 13.2 Å². The molecule has 0 radical (unpaired) electrons. The Balaban J connectivity index is 2.03. The van der Waals surface area contributed by atoms with E-state index >= 15 is 0 Å². The zero-order valence-corrected chi connectivity index (χ0v) is 13.5. The third-order valence-electron chi connectivity index (χ3n) is 3.38. The van der Waals surface area contributed by atoms with Crippen molar-refractivity contribution in [2.45, 2.75) is 33.2 Å². The highest BCUT2D eigenvalue weighted by Gasteiger charge is 2.12. The van der Waals surface area contributed by atoms with E-state index in [1.165, 1.54) is 10.9 Å². The SMILES string of the molecule is CCNC(C)c1cc(F)ccc1OCCc1scnc1C. The smallest absolute Gasteiger partial charge is 0.124 e. The molecule has 1 heterocycles. The molecular weight excluding hydrogens is 287 g/mol. The molecule has 21 heavy (non-hydrogen) atoms. The second-order valence-electron chi connectivity index (χ2n) is 4.92. The number of hydrogen-bond acceptors (Lipinski definition) is 4. The van der Waals surface area contributed by atoms with Gasteiger partial charge in [0.05, 0.1) is 17.8 Å². The van der Waals surface area contributed by atoms with Gasteiger partial charge in [0, 0.05) is 22.9 Å². The maximum absolute atomic E-state index is 13.5. The summed E-state index contributed by atoms with van der Waals surface area (Å²) in [5.41, 5.74) is 3.77. The molecule has 0 spiro atoms. The normalized spacial score (nSPS) is 12.4. The summed E-state index contributed by atoms with van der Waals surface area (Å²) in [7, 11) is 0. The third-order valence-corrected chi connectivity index (χ3v) is 4.38. The van der Waals surface area contributed by atoms with Crippen molar-refractivity contribution in [3.63, 3.8) is 0 Å². The first kappa shape index (κ1) is 15.9. The zero-order chi connectivity index (χ0) is 15.2. The predicted molar refractivity (Wildman–Crippen MR) is 84.5 cm³/mol. The minimum atomic E-state index is -0.236. The Morgan fingerprint density at radius 1 is 1.43 bits per heavy atom. The van der Waals surface area contributed by atoms with Gasteiger partial charge in [0.1, 0.15) is 11.6 Å². The summed E-state index contributed by atoms with van der Waals surface area (Å²) in [6, 6.07) is 4.75. The highest BCUT2D eigenvalue weighted by atomic mass is 32.1. The van der Waals surface area contributed by atoms with Crippen LogP contribution in [0.2, 0.25) is 0 Å². The number of halogens is 1. The lowest BCUT2D eigenvalue weighted by Crippen LogP contribution is -2.19. The van der Waals surface area contributed by atoms with Crippen LogP contribution in [-0.4, -0.2) is 18.1 Å². The minimum absolute atomic E-state index is 0.0610. The van der Waals surface area contributed by atoms with E-state index in [-0.39, 0.29) is 11.9 Å². The summed E-state index contributed by atoms with van der Waals surface area (Å²) < 4.78 is 19.3. The Kier molecular flexibility index (Phi) is 5.70. The fourth-order valence-electron chi connectivity index (χ4n) is 2.23. The van der Waals surface area contributed by atoms with Crippen LogP contribution in [0.5, 0.6) is 5.75 Å². The molecule has 3 nitrogen and oxygen atoms in total.